The maximum absolute atomic E-state index is 9.86. The third-order valence-corrected chi connectivity index (χ3v) is 3.45. The van der Waals surface area contributed by atoms with Crippen molar-refractivity contribution >= 4 is 0 Å². The van der Waals surface area contributed by atoms with Gasteiger partial charge in [0.1, 0.15) is 0 Å². The van der Waals surface area contributed by atoms with Gasteiger partial charge in [0.15, 0.2) is 0 Å². The van der Waals surface area contributed by atoms with Gasteiger partial charge < -0.3 is 10.4 Å². The summed E-state index contributed by atoms with van der Waals surface area (Å²) in [5.41, 5.74) is 0. The molecular weight excluding hydrogens is 150 g/mol. The van der Waals surface area contributed by atoms with Crippen molar-refractivity contribution in [2.45, 2.75) is 38.2 Å². The molecule has 2 atom stereocenters. The third-order valence-electron chi connectivity index (χ3n) is 3.45. The van der Waals surface area contributed by atoms with Crippen LogP contribution in [0, 0.1) is 11.8 Å². The van der Waals surface area contributed by atoms with Gasteiger partial charge in [-0.1, -0.05) is 19.3 Å². The predicted octanol–water partition coefficient (Wildman–Crippen LogP) is 1.15. The zero-order chi connectivity index (χ0) is 8.39. The molecule has 2 N–H and O–H groups in total. The zero-order valence-corrected chi connectivity index (χ0v) is 7.63. The Morgan fingerprint density at radius 2 is 1.75 bits per heavy atom. The van der Waals surface area contributed by atoms with Crippen LogP contribution in [-0.2, 0) is 0 Å². The van der Waals surface area contributed by atoms with Gasteiger partial charge in [-0.15, -0.1) is 0 Å². The molecule has 0 aromatic heterocycles. The van der Waals surface area contributed by atoms with Crippen molar-refractivity contribution in [1.82, 2.24) is 5.32 Å². The number of aliphatic hydroxyl groups is 1. The maximum Gasteiger partial charge on any atom is 0.0572 e. The van der Waals surface area contributed by atoms with Crippen molar-refractivity contribution in [3.63, 3.8) is 0 Å². The normalized spacial score (nSPS) is 38.8. The molecule has 1 aliphatic heterocycles. The van der Waals surface area contributed by atoms with Crippen LogP contribution in [0.2, 0.25) is 0 Å². The van der Waals surface area contributed by atoms with E-state index in [0.717, 1.165) is 25.4 Å². The summed E-state index contributed by atoms with van der Waals surface area (Å²) in [6.45, 7) is 2.28. The van der Waals surface area contributed by atoms with Gasteiger partial charge in [0.2, 0.25) is 0 Å². The van der Waals surface area contributed by atoms with E-state index in [9.17, 15) is 5.11 Å². The molecule has 0 amide bonds. The van der Waals surface area contributed by atoms with Gasteiger partial charge in [-0.25, -0.2) is 0 Å². The highest BCUT2D eigenvalue weighted by Gasteiger charge is 2.32. The van der Waals surface area contributed by atoms with E-state index in [1.165, 1.54) is 25.7 Å². The van der Waals surface area contributed by atoms with E-state index in [0.29, 0.717) is 5.92 Å². The average molecular weight is 169 g/mol. The highest BCUT2D eigenvalue weighted by molar-refractivity contribution is 4.86. The molecule has 0 unspecified atom stereocenters. The SMILES string of the molecule is O[C@@H]1CCCCC[C@H]1C1CNC1. The van der Waals surface area contributed by atoms with Gasteiger partial charge in [0.25, 0.3) is 0 Å². The standard InChI is InChI=1S/C10H19NO/c12-10-5-3-1-2-4-9(10)8-6-11-7-8/h8-12H,1-7H2/t9-,10+/m0/s1. The predicted molar refractivity (Wildman–Crippen MR) is 48.9 cm³/mol. The fraction of sp³-hybridized carbons (Fsp3) is 1.00. The summed E-state index contributed by atoms with van der Waals surface area (Å²) in [4.78, 5) is 0. The summed E-state index contributed by atoms with van der Waals surface area (Å²) in [5, 5.41) is 13.1. The van der Waals surface area contributed by atoms with Crippen LogP contribution in [0.1, 0.15) is 32.1 Å². The van der Waals surface area contributed by atoms with E-state index in [1.54, 1.807) is 0 Å². The maximum atomic E-state index is 9.86. The topological polar surface area (TPSA) is 32.3 Å². The first-order valence-corrected chi connectivity index (χ1v) is 5.26. The molecule has 2 rings (SSSR count). The van der Waals surface area contributed by atoms with Gasteiger partial charge >= 0.3 is 0 Å². The molecule has 0 aromatic carbocycles. The lowest BCUT2D eigenvalue weighted by Crippen LogP contribution is -2.49. The van der Waals surface area contributed by atoms with Crippen molar-refractivity contribution in [3.05, 3.63) is 0 Å². The van der Waals surface area contributed by atoms with E-state index < -0.39 is 0 Å². The van der Waals surface area contributed by atoms with E-state index in [4.69, 9.17) is 0 Å². The largest absolute Gasteiger partial charge is 0.393 e. The quantitative estimate of drug-likeness (QED) is 0.577. The third kappa shape index (κ3) is 1.64. The Morgan fingerprint density at radius 3 is 2.42 bits per heavy atom. The fourth-order valence-electron chi connectivity index (χ4n) is 2.48. The van der Waals surface area contributed by atoms with Gasteiger partial charge in [-0.2, -0.15) is 0 Å². The minimum Gasteiger partial charge on any atom is -0.393 e. The summed E-state index contributed by atoms with van der Waals surface area (Å²) in [6, 6.07) is 0. The van der Waals surface area contributed by atoms with Crippen LogP contribution >= 0.6 is 0 Å². The Bertz CT molecular complexity index is 145. The second-order valence-corrected chi connectivity index (χ2v) is 4.29. The van der Waals surface area contributed by atoms with Crippen molar-refractivity contribution in [1.29, 1.82) is 0 Å². The van der Waals surface area contributed by atoms with Crippen molar-refractivity contribution in [3.8, 4) is 0 Å². The molecular formula is C10H19NO. The smallest absolute Gasteiger partial charge is 0.0572 e. The zero-order valence-electron chi connectivity index (χ0n) is 7.63. The minimum atomic E-state index is -0.000370. The molecule has 1 saturated heterocycles. The number of rotatable bonds is 1. The molecule has 2 heteroatoms. The monoisotopic (exact) mass is 169 g/mol. The molecule has 2 aliphatic rings. The highest BCUT2D eigenvalue weighted by Crippen LogP contribution is 2.31. The molecule has 2 nitrogen and oxygen atoms in total. The molecule has 1 heterocycles. The van der Waals surface area contributed by atoms with Crippen LogP contribution in [0.5, 0.6) is 0 Å². The molecule has 0 spiro atoms. The summed E-state index contributed by atoms with van der Waals surface area (Å²) >= 11 is 0. The van der Waals surface area contributed by atoms with Crippen molar-refractivity contribution in [2.75, 3.05) is 13.1 Å². The van der Waals surface area contributed by atoms with Crippen LogP contribution in [0.3, 0.4) is 0 Å². The summed E-state index contributed by atoms with van der Waals surface area (Å²) < 4.78 is 0. The van der Waals surface area contributed by atoms with Crippen molar-refractivity contribution < 1.29 is 5.11 Å². The molecule has 1 aliphatic carbocycles. The van der Waals surface area contributed by atoms with Gasteiger partial charge in [-0.05, 0) is 37.8 Å². The van der Waals surface area contributed by atoms with Crippen LogP contribution in [0.4, 0.5) is 0 Å². The molecule has 0 aromatic rings. The lowest BCUT2D eigenvalue weighted by Gasteiger charge is -2.36. The summed E-state index contributed by atoms with van der Waals surface area (Å²) in [7, 11) is 0. The Morgan fingerprint density at radius 1 is 1.00 bits per heavy atom. The molecule has 0 bridgehead atoms. The molecule has 0 radical (unpaired) electrons. The number of hydrogen-bond acceptors (Lipinski definition) is 2. The summed E-state index contributed by atoms with van der Waals surface area (Å²) in [6.07, 6.45) is 6.19. The van der Waals surface area contributed by atoms with Gasteiger partial charge in [0.05, 0.1) is 6.10 Å². The van der Waals surface area contributed by atoms with Gasteiger partial charge in [-0.3, -0.25) is 0 Å². The number of nitrogens with one attached hydrogen (secondary N) is 1. The first kappa shape index (κ1) is 8.52. The average Bonchev–Trinajstić information content (AvgIpc) is 2.13. The van der Waals surface area contributed by atoms with Crippen LogP contribution in [0.15, 0.2) is 0 Å². The molecule has 1 saturated carbocycles. The first-order valence-electron chi connectivity index (χ1n) is 5.26. The van der Waals surface area contributed by atoms with Crippen LogP contribution in [-0.4, -0.2) is 24.3 Å². The van der Waals surface area contributed by atoms with Gasteiger partial charge in [0, 0.05) is 0 Å². The Hall–Kier alpha value is -0.0800. The number of hydrogen-bond donors (Lipinski definition) is 2. The Balaban J connectivity index is 1.90. The Labute approximate surface area is 74.4 Å². The summed E-state index contributed by atoms with van der Waals surface area (Å²) in [5.74, 6) is 1.38. The number of aliphatic hydroxyl groups excluding tert-OH is 1. The van der Waals surface area contributed by atoms with Crippen LogP contribution in [0.25, 0.3) is 0 Å². The lowest BCUT2D eigenvalue weighted by molar-refractivity contribution is 0.0479. The van der Waals surface area contributed by atoms with E-state index in [2.05, 4.69) is 5.32 Å². The minimum absolute atomic E-state index is 0.000370. The first-order chi connectivity index (χ1) is 5.88. The fourth-order valence-corrected chi connectivity index (χ4v) is 2.48. The van der Waals surface area contributed by atoms with Crippen LogP contribution < -0.4 is 5.32 Å². The second kappa shape index (κ2) is 3.75. The Kier molecular flexibility index (Phi) is 2.66. The molecule has 70 valence electrons. The lowest BCUT2D eigenvalue weighted by atomic mass is 9.81. The molecule has 2 fully saturated rings. The molecule has 12 heavy (non-hydrogen) atoms. The second-order valence-electron chi connectivity index (χ2n) is 4.29. The van der Waals surface area contributed by atoms with Crippen molar-refractivity contribution in [2.24, 2.45) is 11.8 Å². The van der Waals surface area contributed by atoms with E-state index >= 15 is 0 Å². The highest BCUT2D eigenvalue weighted by atomic mass is 16.3. The van der Waals surface area contributed by atoms with E-state index in [1.807, 2.05) is 0 Å². The van der Waals surface area contributed by atoms with E-state index in [-0.39, 0.29) is 6.10 Å².